The SMILES string of the molecule is CCn1nnc(CC(=O)OC)n1. The van der Waals surface area contributed by atoms with Crippen LogP contribution in [0.3, 0.4) is 0 Å². The van der Waals surface area contributed by atoms with E-state index in [-0.39, 0.29) is 12.4 Å². The third-order valence-electron chi connectivity index (χ3n) is 1.31. The van der Waals surface area contributed by atoms with E-state index < -0.39 is 0 Å². The molecule has 0 unspecified atom stereocenters. The lowest BCUT2D eigenvalue weighted by Crippen LogP contribution is -2.06. The van der Waals surface area contributed by atoms with Crippen LogP contribution in [-0.2, 0) is 22.5 Å². The Hall–Kier alpha value is -1.46. The summed E-state index contributed by atoms with van der Waals surface area (Å²) in [6.45, 7) is 2.54. The molecule has 0 fully saturated rings. The smallest absolute Gasteiger partial charge is 0.313 e. The molecule has 0 radical (unpaired) electrons. The monoisotopic (exact) mass is 170 g/mol. The van der Waals surface area contributed by atoms with Gasteiger partial charge in [-0.1, -0.05) is 0 Å². The number of hydrogen-bond acceptors (Lipinski definition) is 5. The second-order valence-corrected chi connectivity index (χ2v) is 2.15. The van der Waals surface area contributed by atoms with Crippen molar-refractivity contribution in [2.75, 3.05) is 7.11 Å². The molecule has 0 aliphatic rings. The summed E-state index contributed by atoms with van der Waals surface area (Å²) in [4.78, 5) is 12.2. The Bertz CT molecular complexity index is 270. The Balaban J connectivity index is 2.58. The minimum absolute atomic E-state index is 0.0799. The Kier molecular flexibility index (Phi) is 2.73. The number of carbonyl (C=O) groups is 1. The van der Waals surface area contributed by atoms with Crippen LogP contribution in [0, 0.1) is 0 Å². The van der Waals surface area contributed by atoms with E-state index in [1.807, 2.05) is 6.92 Å². The molecule has 0 aliphatic heterocycles. The molecule has 12 heavy (non-hydrogen) atoms. The summed E-state index contributed by atoms with van der Waals surface area (Å²) in [5.74, 6) is 0.0364. The van der Waals surface area contributed by atoms with E-state index >= 15 is 0 Å². The number of ether oxygens (including phenoxy) is 1. The van der Waals surface area contributed by atoms with Crippen molar-refractivity contribution in [2.45, 2.75) is 19.9 Å². The van der Waals surface area contributed by atoms with E-state index in [0.717, 1.165) is 0 Å². The average Bonchev–Trinajstić information content (AvgIpc) is 2.52. The van der Waals surface area contributed by atoms with Crippen LogP contribution in [0.1, 0.15) is 12.7 Å². The first-order valence-electron chi connectivity index (χ1n) is 3.59. The molecule has 0 N–H and O–H groups in total. The van der Waals surface area contributed by atoms with Crippen LogP contribution >= 0.6 is 0 Å². The molecule has 0 bridgehead atoms. The second-order valence-electron chi connectivity index (χ2n) is 2.15. The third kappa shape index (κ3) is 2.01. The molecule has 0 amide bonds. The Labute approximate surface area is 69.5 Å². The van der Waals surface area contributed by atoms with Crippen molar-refractivity contribution in [2.24, 2.45) is 0 Å². The van der Waals surface area contributed by atoms with Crippen molar-refractivity contribution < 1.29 is 9.53 Å². The van der Waals surface area contributed by atoms with Gasteiger partial charge in [-0.25, -0.2) is 0 Å². The summed E-state index contributed by atoms with van der Waals surface area (Å²) >= 11 is 0. The lowest BCUT2D eigenvalue weighted by Gasteiger charge is -1.91. The number of aromatic nitrogens is 4. The first-order chi connectivity index (χ1) is 5.76. The molecule has 0 aliphatic carbocycles. The minimum atomic E-state index is -0.356. The second kappa shape index (κ2) is 3.80. The quantitative estimate of drug-likeness (QED) is 0.567. The van der Waals surface area contributed by atoms with Crippen LogP contribution in [0.15, 0.2) is 0 Å². The first kappa shape index (κ1) is 8.63. The topological polar surface area (TPSA) is 69.9 Å². The van der Waals surface area contributed by atoms with Gasteiger partial charge in [0.2, 0.25) is 0 Å². The van der Waals surface area contributed by atoms with Crippen LogP contribution in [0.2, 0.25) is 0 Å². The molecular weight excluding hydrogens is 160 g/mol. The van der Waals surface area contributed by atoms with Gasteiger partial charge in [0.15, 0.2) is 5.82 Å². The first-order valence-corrected chi connectivity index (χ1v) is 3.59. The van der Waals surface area contributed by atoms with Gasteiger partial charge in [0.25, 0.3) is 0 Å². The number of nitrogens with zero attached hydrogens (tertiary/aromatic N) is 4. The molecule has 0 spiro atoms. The number of esters is 1. The molecule has 6 nitrogen and oxygen atoms in total. The van der Waals surface area contributed by atoms with E-state index in [1.54, 1.807) is 0 Å². The predicted molar refractivity (Wildman–Crippen MR) is 39.2 cm³/mol. The van der Waals surface area contributed by atoms with Gasteiger partial charge in [-0.3, -0.25) is 4.79 Å². The summed E-state index contributed by atoms with van der Waals surface area (Å²) in [6.07, 6.45) is 0.0799. The third-order valence-corrected chi connectivity index (χ3v) is 1.31. The molecule has 1 heterocycles. The highest BCUT2D eigenvalue weighted by Gasteiger charge is 2.07. The number of tetrazole rings is 1. The van der Waals surface area contributed by atoms with Gasteiger partial charge in [0, 0.05) is 0 Å². The summed E-state index contributed by atoms with van der Waals surface area (Å²) in [7, 11) is 1.33. The van der Waals surface area contributed by atoms with Gasteiger partial charge in [-0.2, -0.15) is 4.80 Å². The predicted octanol–water partition coefficient (Wildman–Crippen LogP) is -0.592. The van der Waals surface area contributed by atoms with Crippen molar-refractivity contribution in [1.29, 1.82) is 0 Å². The molecule has 1 aromatic rings. The highest BCUT2D eigenvalue weighted by atomic mass is 16.5. The van der Waals surface area contributed by atoms with Crippen LogP contribution in [-0.4, -0.2) is 33.3 Å². The van der Waals surface area contributed by atoms with E-state index in [0.29, 0.717) is 12.4 Å². The molecule has 0 saturated heterocycles. The fourth-order valence-corrected chi connectivity index (χ4v) is 0.682. The highest BCUT2D eigenvalue weighted by molar-refractivity contribution is 5.71. The number of aryl methyl sites for hydroxylation is 1. The zero-order valence-corrected chi connectivity index (χ0v) is 7.02. The van der Waals surface area contributed by atoms with Crippen molar-refractivity contribution in [1.82, 2.24) is 20.2 Å². The Morgan fingerprint density at radius 3 is 2.92 bits per heavy atom. The summed E-state index contributed by atoms with van der Waals surface area (Å²) in [5, 5.41) is 11.3. The van der Waals surface area contributed by atoms with Gasteiger partial charge < -0.3 is 4.74 Å². The zero-order valence-electron chi connectivity index (χ0n) is 7.02. The Morgan fingerprint density at radius 1 is 1.67 bits per heavy atom. The van der Waals surface area contributed by atoms with Crippen molar-refractivity contribution in [3.63, 3.8) is 0 Å². The van der Waals surface area contributed by atoms with E-state index in [2.05, 4.69) is 20.1 Å². The number of methoxy groups -OCH3 is 1. The van der Waals surface area contributed by atoms with Crippen molar-refractivity contribution >= 4 is 5.97 Å². The van der Waals surface area contributed by atoms with Crippen LogP contribution in [0.4, 0.5) is 0 Å². The lowest BCUT2D eigenvalue weighted by atomic mass is 10.4. The maximum Gasteiger partial charge on any atom is 0.313 e. The van der Waals surface area contributed by atoms with Gasteiger partial charge in [-0.05, 0) is 12.1 Å². The normalized spacial score (nSPS) is 9.83. The fourth-order valence-electron chi connectivity index (χ4n) is 0.682. The molecule has 0 aromatic carbocycles. The number of rotatable bonds is 3. The fraction of sp³-hybridized carbons (Fsp3) is 0.667. The van der Waals surface area contributed by atoms with E-state index in [1.165, 1.54) is 11.9 Å². The Morgan fingerprint density at radius 2 is 2.42 bits per heavy atom. The molecule has 66 valence electrons. The molecule has 6 heteroatoms. The number of carbonyl (C=O) groups excluding carboxylic acids is 1. The standard InChI is InChI=1S/C6H10N4O2/c1-3-10-8-5(7-9-10)4-6(11)12-2/h3-4H2,1-2H3. The average molecular weight is 170 g/mol. The van der Waals surface area contributed by atoms with Crippen LogP contribution < -0.4 is 0 Å². The molecule has 0 saturated carbocycles. The van der Waals surface area contributed by atoms with Gasteiger partial charge in [0.05, 0.1) is 13.7 Å². The largest absolute Gasteiger partial charge is 0.469 e. The van der Waals surface area contributed by atoms with Gasteiger partial charge in [-0.15, -0.1) is 10.2 Å². The summed E-state index contributed by atoms with van der Waals surface area (Å²) in [6, 6.07) is 0. The molecule has 0 atom stereocenters. The molecular formula is C6H10N4O2. The van der Waals surface area contributed by atoms with Crippen molar-refractivity contribution in [3.05, 3.63) is 5.82 Å². The summed E-state index contributed by atoms with van der Waals surface area (Å²) in [5.41, 5.74) is 0. The van der Waals surface area contributed by atoms with Crippen LogP contribution in [0.5, 0.6) is 0 Å². The lowest BCUT2D eigenvalue weighted by molar-refractivity contribution is -0.139. The van der Waals surface area contributed by atoms with Crippen LogP contribution in [0.25, 0.3) is 0 Å². The van der Waals surface area contributed by atoms with E-state index in [9.17, 15) is 4.79 Å². The van der Waals surface area contributed by atoms with E-state index in [4.69, 9.17) is 0 Å². The highest BCUT2D eigenvalue weighted by Crippen LogP contribution is 1.90. The molecule has 1 aromatic heterocycles. The molecule has 1 rings (SSSR count). The minimum Gasteiger partial charge on any atom is -0.469 e. The van der Waals surface area contributed by atoms with Crippen molar-refractivity contribution in [3.8, 4) is 0 Å². The zero-order chi connectivity index (χ0) is 8.97. The van der Waals surface area contributed by atoms with Gasteiger partial charge >= 0.3 is 5.97 Å². The van der Waals surface area contributed by atoms with Gasteiger partial charge in [0.1, 0.15) is 6.42 Å². The summed E-state index contributed by atoms with van der Waals surface area (Å²) < 4.78 is 4.44. The maximum absolute atomic E-state index is 10.7. The number of hydrogen-bond donors (Lipinski definition) is 0. The maximum atomic E-state index is 10.7.